The molecule has 1 aliphatic heterocycles. The number of hydrogen-bond acceptors (Lipinski definition) is 3. The zero-order valence-electron chi connectivity index (χ0n) is 18.3. The lowest BCUT2D eigenvalue weighted by Crippen LogP contribution is -2.39. The van der Waals surface area contributed by atoms with E-state index in [9.17, 15) is 0 Å². The largest absolute Gasteiger partial charge is 0.342 e. The molecule has 0 aliphatic carbocycles. The molecule has 162 valence electrons. The van der Waals surface area contributed by atoms with E-state index in [1.54, 1.807) is 0 Å². The smallest absolute Gasteiger partial charge is 0.214 e. The topological polar surface area (TPSA) is 48.2 Å². The Morgan fingerprint density at radius 3 is 2.73 bits per heavy atom. The average molecular weight is 473 g/mol. The summed E-state index contributed by atoms with van der Waals surface area (Å²) in [6.45, 7) is 10.9. The van der Waals surface area contributed by atoms with Gasteiger partial charge < -0.3 is 9.47 Å². The van der Waals surface area contributed by atoms with Crippen molar-refractivity contribution in [2.75, 3.05) is 26.2 Å². The maximum Gasteiger partial charge on any atom is 0.214 e. The molecule has 0 saturated carbocycles. The predicted molar refractivity (Wildman–Crippen MR) is 129 cm³/mol. The van der Waals surface area contributed by atoms with E-state index in [4.69, 9.17) is 0 Å². The molecular weight excluding hydrogens is 440 g/mol. The average Bonchev–Trinajstić information content (AvgIpc) is 3.39. The SMILES string of the molecule is CCN=C(N/N=C/C1CCCN1Cc1cccn1-c1ccccc1Br)N(CC)CC. The van der Waals surface area contributed by atoms with E-state index in [0.717, 1.165) is 49.6 Å². The van der Waals surface area contributed by atoms with Crippen LogP contribution in [0.3, 0.4) is 0 Å². The van der Waals surface area contributed by atoms with E-state index < -0.39 is 0 Å². The molecule has 0 amide bonds. The number of nitrogens with zero attached hydrogens (tertiary/aromatic N) is 5. The van der Waals surface area contributed by atoms with Gasteiger partial charge in [0.2, 0.25) is 5.96 Å². The van der Waals surface area contributed by atoms with Gasteiger partial charge in [-0.1, -0.05) is 12.1 Å². The molecule has 1 aliphatic rings. The fraction of sp³-hybridized carbons (Fsp3) is 0.478. The number of para-hydroxylation sites is 1. The Morgan fingerprint density at radius 2 is 2.00 bits per heavy atom. The van der Waals surface area contributed by atoms with E-state index >= 15 is 0 Å². The van der Waals surface area contributed by atoms with Crippen LogP contribution < -0.4 is 5.43 Å². The van der Waals surface area contributed by atoms with Crippen molar-refractivity contribution in [3.8, 4) is 5.69 Å². The van der Waals surface area contributed by atoms with Crippen molar-refractivity contribution in [1.29, 1.82) is 0 Å². The van der Waals surface area contributed by atoms with Crippen molar-refractivity contribution >= 4 is 28.1 Å². The van der Waals surface area contributed by atoms with Crippen molar-refractivity contribution in [3.05, 3.63) is 52.8 Å². The predicted octanol–water partition coefficient (Wildman–Crippen LogP) is 4.50. The van der Waals surface area contributed by atoms with Gasteiger partial charge in [0.25, 0.3) is 0 Å². The summed E-state index contributed by atoms with van der Waals surface area (Å²) < 4.78 is 3.37. The number of guanidine groups is 1. The maximum atomic E-state index is 4.56. The van der Waals surface area contributed by atoms with Gasteiger partial charge in [0, 0.05) is 54.8 Å². The van der Waals surface area contributed by atoms with Crippen molar-refractivity contribution in [3.63, 3.8) is 0 Å². The Hall–Kier alpha value is -2.12. The van der Waals surface area contributed by atoms with E-state index in [2.05, 4.69) is 96.2 Å². The number of halogens is 1. The Morgan fingerprint density at radius 1 is 1.20 bits per heavy atom. The fourth-order valence-electron chi connectivity index (χ4n) is 3.91. The van der Waals surface area contributed by atoms with Crippen LogP contribution in [0.15, 0.2) is 57.2 Å². The van der Waals surface area contributed by atoms with Gasteiger partial charge in [0.05, 0.1) is 5.69 Å². The standard InChI is InChI=1S/C23H33BrN6/c1-4-25-23(28(5-2)6-3)27-26-17-19-11-9-15-29(19)18-20-12-10-16-30(20)22-14-8-7-13-21(22)24/h7-8,10,12-14,16-17,19H,4-6,9,11,15,18H2,1-3H3,(H,25,27)/b26-17+. The molecule has 1 N–H and O–H groups in total. The van der Waals surface area contributed by atoms with Gasteiger partial charge in [-0.15, -0.1) is 0 Å². The van der Waals surface area contributed by atoms with Crippen molar-refractivity contribution < 1.29 is 0 Å². The number of hydrogen-bond donors (Lipinski definition) is 1. The first kappa shape index (κ1) is 22.6. The minimum Gasteiger partial charge on any atom is -0.342 e. The Balaban J connectivity index is 1.67. The molecule has 2 aromatic rings. The number of nitrogens with one attached hydrogen (secondary N) is 1. The summed E-state index contributed by atoms with van der Waals surface area (Å²) in [7, 11) is 0. The van der Waals surface area contributed by atoms with Crippen LogP contribution in [0.25, 0.3) is 5.69 Å². The zero-order chi connectivity index (χ0) is 21.3. The third-order valence-electron chi connectivity index (χ3n) is 5.51. The Labute approximate surface area is 188 Å². The van der Waals surface area contributed by atoms with E-state index in [-0.39, 0.29) is 0 Å². The number of hydrazone groups is 1. The second kappa shape index (κ2) is 11.3. The van der Waals surface area contributed by atoms with E-state index in [1.165, 1.54) is 17.8 Å². The molecule has 1 aromatic carbocycles. The lowest BCUT2D eigenvalue weighted by Gasteiger charge is -2.24. The zero-order valence-corrected chi connectivity index (χ0v) is 19.8. The van der Waals surface area contributed by atoms with Gasteiger partial charge in [-0.3, -0.25) is 9.89 Å². The summed E-state index contributed by atoms with van der Waals surface area (Å²) in [5.74, 6) is 0.853. The molecule has 1 atom stereocenters. The molecule has 1 saturated heterocycles. The van der Waals surface area contributed by atoms with Crippen molar-refractivity contribution in [2.45, 2.75) is 46.2 Å². The number of likely N-dealkylation sites (tertiary alicyclic amines) is 1. The van der Waals surface area contributed by atoms with Crippen LogP contribution in [0.4, 0.5) is 0 Å². The lowest BCUT2D eigenvalue weighted by atomic mass is 10.2. The molecule has 0 spiro atoms. The maximum absolute atomic E-state index is 4.56. The molecule has 1 unspecified atom stereocenters. The van der Waals surface area contributed by atoms with E-state index in [1.807, 2.05) is 19.2 Å². The Bertz CT molecular complexity index is 855. The Kier molecular flexibility index (Phi) is 8.51. The summed E-state index contributed by atoms with van der Waals surface area (Å²) in [5, 5.41) is 4.56. The van der Waals surface area contributed by atoms with Gasteiger partial charge in [0.15, 0.2) is 0 Å². The molecule has 2 heterocycles. The van der Waals surface area contributed by atoms with Crippen LogP contribution in [-0.4, -0.2) is 58.8 Å². The molecule has 0 radical (unpaired) electrons. The quantitative estimate of drug-likeness (QED) is 0.349. The summed E-state index contributed by atoms with van der Waals surface area (Å²) in [6.07, 6.45) is 6.51. The summed E-state index contributed by atoms with van der Waals surface area (Å²) in [5.41, 5.74) is 5.63. The van der Waals surface area contributed by atoms with Crippen LogP contribution in [0.5, 0.6) is 0 Å². The molecular formula is C23H33BrN6. The number of rotatable bonds is 8. The van der Waals surface area contributed by atoms with Crippen LogP contribution in [0.1, 0.15) is 39.3 Å². The molecule has 3 rings (SSSR count). The summed E-state index contributed by atoms with van der Waals surface area (Å²) in [6, 6.07) is 13.0. The van der Waals surface area contributed by atoms with Crippen LogP contribution in [0, 0.1) is 0 Å². The second-order valence-corrected chi connectivity index (χ2v) is 8.22. The van der Waals surface area contributed by atoms with Gasteiger partial charge in [-0.25, -0.2) is 5.43 Å². The second-order valence-electron chi connectivity index (χ2n) is 7.36. The highest BCUT2D eigenvalue weighted by Crippen LogP contribution is 2.25. The van der Waals surface area contributed by atoms with Crippen molar-refractivity contribution in [2.24, 2.45) is 10.1 Å². The van der Waals surface area contributed by atoms with Crippen LogP contribution in [-0.2, 0) is 6.54 Å². The van der Waals surface area contributed by atoms with Gasteiger partial charge in [-0.05, 0) is 80.4 Å². The van der Waals surface area contributed by atoms with E-state index in [0.29, 0.717) is 6.04 Å². The highest BCUT2D eigenvalue weighted by molar-refractivity contribution is 9.10. The number of benzene rings is 1. The normalized spacial score (nSPS) is 17.7. The van der Waals surface area contributed by atoms with Gasteiger partial charge in [-0.2, -0.15) is 5.10 Å². The molecule has 30 heavy (non-hydrogen) atoms. The van der Waals surface area contributed by atoms with Gasteiger partial charge in [0.1, 0.15) is 0 Å². The lowest BCUT2D eigenvalue weighted by molar-refractivity contribution is 0.292. The first-order valence-electron chi connectivity index (χ1n) is 10.9. The first-order chi connectivity index (χ1) is 14.7. The van der Waals surface area contributed by atoms with Crippen molar-refractivity contribution in [1.82, 2.24) is 19.8 Å². The highest BCUT2D eigenvalue weighted by atomic mass is 79.9. The summed E-state index contributed by atoms with van der Waals surface area (Å²) >= 11 is 3.68. The monoisotopic (exact) mass is 472 g/mol. The number of aromatic nitrogens is 1. The summed E-state index contributed by atoms with van der Waals surface area (Å²) in [4.78, 5) is 9.25. The first-order valence-corrected chi connectivity index (χ1v) is 11.7. The minimum atomic E-state index is 0.333. The van der Waals surface area contributed by atoms with Crippen LogP contribution >= 0.6 is 15.9 Å². The molecule has 0 bridgehead atoms. The van der Waals surface area contributed by atoms with Crippen LogP contribution in [0.2, 0.25) is 0 Å². The molecule has 7 heteroatoms. The molecule has 6 nitrogen and oxygen atoms in total. The third-order valence-corrected chi connectivity index (χ3v) is 6.18. The minimum absolute atomic E-state index is 0.333. The third kappa shape index (κ3) is 5.52. The molecule has 1 fully saturated rings. The highest BCUT2D eigenvalue weighted by Gasteiger charge is 2.24. The fourth-order valence-corrected chi connectivity index (χ4v) is 4.39. The molecule has 1 aromatic heterocycles. The number of aliphatic imine (C=N–C) groups is 1. The van der Waals surface area contributed by atoms with Gasteiger partial charge >= 0.3 is 0 Å².